The number of rotatable bonds is 3. The van der Waals surface area contributed by atoms with E-state index in [4.69, 9.17) is 4.74 Å². The number of hydrogen-bond donors (Lipinski definition) is 0. The summed E-state index contributed by atoms with van der Waals surface area (Å²) in [6.07, 6.45) is -0.442. The van der Waals surface area contributed by atoms with Gasteiger partial charge in [0.05, 0.1) is 5.56 Å². The van der Waals surface area contributed by atoms with Crippen molar-refractivity contribution in [3.63, 3.8) is 0 Å². The monoisotopic (exact) mass is 316 g/mol. The van der Waals surface area contributed by atoms with Gasteiger partial charge in [-0.3, -0.25) is 14.4 Å². The standard InChI is InChI=1S/C17H10F2O4/c18-10-5-9(6-11(19)8-10)7-13(20)15-16(21)12-3-1-2-4-14(12)23-17(15)22/h1-6,8,15H,7H2. The SMILES string of the molecule is O=C(Cc1cc(F)cc(F)c1)C1C(=O)Oc2ccccc2C1=O. The largest absolute Gasteiger partial charge is 0.425 e. The fraction of sp³-hybridized carbons (Fsp3) is 0.118. The topological polar surface area (TPSA) is 60.4 Å². The molecule has 4 nitrogen and oxygen atoms in total. The van der Waals surface area contributed by atoms with E-state index in [0.717, 1.165) is 12.1 Å². The van der Waals surface area contributed by atoms with Crippen molar-refractivity contribution < 1.29 is 27.9 Å². The summed E-state index contributed by atoms with van der Waals surface area (Å²) in [4.78, 5) is 36.5. The first-order chi connectivity index (χ1) is 11.0. The predicted molar refractivity (Wildman–Crippen MR) is 75.0 cm³/mol. The molecule has 1 unspecified atom stereocenters. The van der Waals surface area contributed by atoms with Gasteiger partial charge in [-0.2, -0.15) is 0 Å². The molecule has 0 amide bonds. The van der Waals surface area contributed by atoms with E-state index in [1.807, 2.05) is 0 Å². The van der Waals surface area contributed by atoms with E-state index in [9.17, 15) is 23.2 Å². The smallest absolute Gasteiger partial charge is 0.329 e. The second-order valence-electron chi connectivity index (χ2n) is 5.14. The van der Waals surface area contributed by atoms with E-state index in [1.165, 1.54) is 12.1 Å². The zero-order valence-corrected chi connectivity index (χ0v) is 11.7. The van der Waals surface area contributed by atoms with Gasteiger partial charge in [0.2, 0.25) is 0 Å². The maximum absolute atomic E-state index is 13.2. The molecule has 1 aliphatic heterocycles. The molecule has 2 aromatic rings. The van der Waals surface area contributed by atoms with Crippen molar-refractivity contribution in [2.75, 3.05) is 0 Å². The molecule has 6 heteroatoms. The molecule has 0 saturated carbocycles. The number of esters is 1. The number of ether oxygens (including phenoxy) is 1. The number of carbonyl (C=O) groups is 3. The molecule has 0 spiro atoms. The molecular formula is C17H10F2O4. The van der Waals surface area contributed by atoms with E-state index in [1.54, 1.807) is 12.1 Å². The first-order valence-electron chi connectivity index (χ1n) is 6.78. The number of fused-ring (bicyclic) bond motifs is 1. The molecule has 0 fully saturated rings. The van der Waals surface area contributed by atoms with Crippen molar-refractivity contribution in [2.24, 2.45) is 5.92 Å². The average Bonchev–Trinajstić information content (AvgIpc) is 2.46. The molecule has 1 heterocycles. The summed E-state index contributed by atoms with van der Waals surface area (Å²) in [5.41, 5.74) is 0.183. The predicted octanol–water partition coefficient (Wildman–Crippen LogP) is 2.49. The minimum atomic E-state index is -1.61. The molecule has 1 aliphatic rings. The number of halogens is 2. The number of benzene rings is 2. The van der Waals surface area contributed by atoms with Gasteiger partial charge in [-0.25, -0.2) is 8.78 Å². The van der Waals surface area contributed by atoms with E-state index in [0.29, 0.717) is 6.07 Å². The molecule has 1 atom stereocenters. The Morgan fingerprint density at radius 1 is 1.04 bits per heavy atom. The number of para-hydroxylation sites is 1. The highest BCUT2D eigenvalue weighted by Gasteiger charge is 2.41. The maximum atomic E-state index is 13.2. The van der Waals surface area contributed by atoms with E-state index < -0.39 is 41.5 Å². The van der Waals surface area contributed by atoms with Gasteiger partial charge in [-0.15, -0.1) is 0 Å². The fourth-order valence-corrected chi connectivity index (χ4v) is 2.48. The van der Waals surface area contributed by atoms with Crippen LogP contribution in [-0.2, 0) is 16.0 Å². The van der Waals surface area contributed by atoms with Crippen LogP contribution < -0.4 is 4.74 Å². The third-order valence-corrected chi connectivity index (χ3v) is 3.48. The number of carbonyl (C=O) groups excluding carboxylic acids is 3. The summed E-state index contributed by atoms with van der Waals surface area (Å²) >= 11 is 0. The Morgan fingerprint density at radius 2 is 1.70 bits per heavy atom. The van der Waals surface area contributed by atoms with Crippen LogP contribution in [0.1, 0.15) is 15.9 Å². The molecule has 0 radical (unpaired) electrons. The van der Waals surface area contributed by atoms with Crippen LogP contribution in [-0.4, -0.2) is 17.5 Å². The highest BCUT2D eigenvalue weighted by Crippen LogP contribution is 2.28. The lowest BCUT2D eigenvalue weighted by molar-refractivity contribution is -0.142. The third kappa shape index (κ3) is 2.88. The van der Waals surface area contributed by atoms with Crippen molar-refractivity contribution >= 4 is 17.5 Å². The molecular weight excluding hydrogens is 306 g/mol. The number of ketones is 2. The Morgan fingerprint density at radius 3 is 2.39 bits per heavy atom. The summed E-state index contributed by atoms with van der Waals surface area (Å²) in [7, 11) is 0. The van der Waals surface area contributed by atoms with Crippen LogP contribution in [0.3, 0.4) is 0 Å². The minimum absolute atomic E-state index is 0.0481. The molecule has 116 valence electrons. The molecule has 23 heavy (non-hydrogen) atoms. The Hall–Kier alpha value is -2.89. The van der Waals surface area contributed by atoms with Crippen LogP contribution in [0.25, 0.3) is 0 Å². The van der Waals surface area contributed by atoms with E-state index >= 15 is 0 Å². The Kier molecular flexibility index (Phi) is 3.73. The lowest BCUT2D eigenvalue weighted by Crippen LogP contribution is -2.39. The van der Waals surface area contributed by atoms with E-state index in [-0.39, 0.29) is 16.9 Å². The highest BCUT2D eigenvalue weighted by atomic mass is 19.1. The normalized spacial score (nSPS) is 16.7. The third-order valence-electron chi connectivity index (χ3n) is 3.48. The summed E-state index contributed by atoms with van der Waals surface area (Å²) in [6, 6.07) is 8.71. The van der Waals surface area contributed by atoms with Crippen LogP contribution in [0.2, 0.25) is 0 Å². The Balaban J connectivity index is 1.88. The second-order valence-corrected chi connectivity index (χ2v) is 5.14. The molecule has 0 N–H and O–H groups in total. The Labute approximate surface area is 129 Å². The van der Waals surface area contributed by atoms with Gasteiger partial charge in [-0.1, -0.05) is 12.1 Å². The summed E-state index contributed by atoms with van der Waals surface area (Å²) in [5.74, 6) is -5.60. The zero-order valence-electron chi connectivity index (χ0n) is 11.7. The molecule has 2 aromatic carbocycles. The van der Waals surface area contributed by atoms with Gasteiger partial charge in [-0.05, 0) is 29.8 Å². The summed E-state index contributed by atoms with van der Waals surface area (Å²) < 4.78 is 31.3. The lowest BCUT2D eigenvalue weighted by Gasteiger charge is -2.21. The van der Waals surface area contributed by atoms with Crippen molar-refractivity contribution in [3.05, 3.63) is 65.2 Å². The van der Waals surface area contributed by atoms with Crippen LogP contribution >= 0.6 is 0 Å². The van der Waals surface area contributed by atoms with Gasteiger partial charge in [0, 0.05) is 12.5 Å². The van der Waals surface area contributed by atoms with Gasteiger partial charge >= 0.3 is 5.97 Å². The van der Waals surface area contributed by atoms with Gasteiger partial charge in [0.1, 0.15) is 17.4 Å². The van der Waals surface area contributed by atoms with Crippen molar-refractivity contribution in [2.45, 2.75) is 6.42 Å². The first kappa shape index (κ1) is 15.0. The van der Waals surface area contributed by atoms with Crippen molar-refractivity contribution in [1.29, 1.82) is 0 Å². The first-order valence-corrected chi connectivity index (χ1v) is 6.78. The van der Waals surface area contributed by atoms with Gasteiger partial charge in [0.25, 0.3) is 0 Å². The molecule has 0 bridgehead atoms. The second kappa shape index (κ2) is 5.72. The number of Topliss-reactive ketones (excluding diaryl/α,β-unsaturated/α-hetero) is 2. The zero-order chi connectivity index (χ0) is 16.6. The van der Waals surface area contributed by atoms with Crippen LogP contribution in [0.5, 0.6) is 5.75 Å². The molecule has 0 saturated heterocycles. The number of hydrogen-bond acceptors (Lipinski definition) is 4. The highest BCUT2D eigenvalue weighted by molar-refractivity contribution is 6.25. The van der Waals surface area contributed by atoms with Crippen LogP contribution in [0, 0.1) is 17.6 Å². The molecule has 3 rings (SSSR count). The van der Waals surface area contributed by atoms with Gasteiger partial charge < -0.3 is 4.74 Å². The molecule has 0 aliphatic carbocycles. The Bertz CT molecular complexity index is 809. The van der Waals surface area contributed by atoms with Crippen LogP contribution in [0.15, 0.2) is 42.5 Å². The van der Waals surface area contributed by atoms with Crippen molar-refractivity contribution in [1.82, 2.24) is 0 Å². The average molecular weight is 316 g/mol. The van der Waals surface area contributed by atoms with Gasteiger partial charge in [0.15, 0.2) is 17.5 Å². The minimum Gasteiger partial charge on any atom is -0.425 e. The fourth-order valence-electron chi connectivity index (χ4n) is 2.48. The summed E-state index contributed by atoms with van der Waals surface area (Å²) in [6.45, 7) is 0. The summed E-state index contributed by atoms with van der Waals surface area (Å²) in [5, 5.41) is 0. The quantitative estimate of drug-likeness (QED) is 0.496. The van der Waals surface area contributed by atoms with E-state index in [2.05, 4.69) is 0 Å². The van der Waals surface area contributed by atoms with Crippen molar-refractivity contribution in [3.8, 4) is 5.75 Å². The maximum Gasteiger partial charge on any atom is 0.329 e. The lowest BCUT2D eigenvalue weighted by atomic mass is 9.88. The molecule has 0 aromatic heterocycles. The van der Waals surface area contributed by atoms with Crippen LogP contribution in [0.4, 0.5) is 8.78 Å².